The molecule has 5 atom stereocenters. The van der Waals surface area contributed by atoms with Crippen molar-refractivity contribution in [1.29, 1.82) is 0 Å². The van der Waals surface area contributed by atoms with E-state index in [1.165, 1.54) is 32.6 Å². The van der Waals surface area contributed by atoms with Gasteiger partial charge in [0.15, 0.2) is 25.7 Å². The molecule has 0 amide bonds. The van der Waals surface area contributed by atoms with Crippen molar-refractivity contribution < 1.29 is 0 Å². The molecule has 0 spiro atoms. The smallest absolute Gasteiger partial charge is 0.256 e. The van der Waals surface area contributed by atoms with Gasteiger partial charge in [-0.15, -0.1) is 20.5 Å². The molecule has 6 nitrogen and oxygen atoms in total. The molecule has 4 aromatic carbocycles. The Kier molecular flexibility index (Phi) is 6.77. The number of hydrogen-bond acceptors (Lipinski definition) is 6. The maximum absolute atomic E-state index is 4.76. The van der Waals surface area contributed by atoms with E-state index in [9.17, 15) is 0 Å². The van der Waals surface area contributed by atoms with Crippen LogP contribution in [0.5, 0.6) is 0 Å². The van der Waals surface area contributed by atoms with Crippen molar-refractivity contribution in [2.45, 2.75) is 11.6 Å². The van der Waals surface area contributed by atoms with Crippen molar-refractivity contribution in [3.8, 4) is 0 Å². The van der Waals surface area contributed by atoms with Crippen LogP contribution < -0.4 is 21.3 Å². The van der Waals surface area contributed by atoms with Gasteiger partial charge in [0, 0.05) is 30.7 Å². The Labute approximate surface area is 230 Å². The number of hydrazone groups is 1. The molecule has 3 heterocycles. The lowest BCUT2D eigenvalue weighted by Gasteiger charge is -2.14. The van der Waals surface area contributed by atoms with E-state index in [0.717, 1.165) is 11.7 Å². The van der Waals surface area contributed by atoms with Gasteiger partial charge in [0.25, 0.3) is 11.6 Å². The van der Waals surface area contributed by atoms with Crippen LogP contribution in [0.2, 0.25) is 0 Å². The molecule has 5 unspecified atom stereocenters. The average molecular weight is 562 g/mol. The topological polar surface area (TPSA) is 73.8 Å². The monoisotopic (exact) mass is 562 g/mol. The fourth-order valence-electron chi connectivity index (χ4n) is 5.03. The van der Waals surface area contributed by atoms with Gasteiger partial charge in [-0.3, -0.25) is 0 Å². The van der Waals surface area contributed by atoms with Gasteiger partial charge in [0.2, 0.25) is 11.8 Å². The van der Waals surface area contributed by atoms with Crippen LogP contribution in [0.15, 0.2) is 135 Å². The summed E-state index contributed by atoms with van der Waals surface area (Å²) in [5.41, 5.74) is 8.04. The lowest BCUT2D eigenvalue weighted by Crippen LogP contribution is -2.21. The molecule has 0 saturated carbocycles. The second kappa shape index (κ2) is 10.8. The summed E-state index contributed by atoms with van der Waals surface area (Å²) in [5, 5.41) is 26.9. The second-order valence-electron chi connectivity index (χ2n) is 9.33. The third-order valence-electron chi connectivity index (χ3n) is 6.92. The molecule has 4 aromatic rings. The summed E-state index contributed by atoms with van der Waals surface area (Å²) in [7, 11) is -2.17. The first-order chi connectivity index (χ1) is 19.3. The highest BCUT2D eigenvalue weighted by Gasteiger charge is 2.39. The van der Waals surface area contributed by atoms with Crippen molar-refractivity contribution in [1.82, 2.24) is 5.43 Å². The summed E-state index contributed by atoms with van der Waals surface area (Å²) in [5.74, 6) is 4.19. The fraction of sp³-hybridized carbons (Fsp3) is 0.100. The number of benzene rings is 4. The minimum Gasteiger partial charge on any atom is -0.304 e. The minimum absolute atomic E-state index is 0.0284. The molecule has 0 aliphatic carbocycles. The molecule has 188 valence electrons. The highest BCUT2D eigenvalue weighted by atomic mass is 31.1. The maximum atomic E-state index is 4.76. The standard InChI is InChI=1S/C30H25N6P3/c1-4-10-22(11-5-1)28-34-31-19-37(28)25-16-26(38-20-32-35-29(38)23-12-6-2-7-13-23)18-27(17-25)39-21-33-36-30(39)24-14-8-3-9-15-24/h1-20,28-29,33H,21H2/q+2. The van der Waals surface area contributed by atoms with E-state index >= 15 is 0 Å². The molecule has 3 aliphatic rings. The zero-order valence-electron chi connectivity index (χ0n) is 21.0. The molecule has 39 heavy (non-hydrogen) atoms. The van der Waals surface area contributed by atoms with Crippen LogP contribution in [-0.4, -0.2) is 23.6 Å². The molecular formula is C30H25N6P3+2. The Morgan fingerprint density at radius 2 is 1.15 bits per heavy atom. The van der Waals surface area contributed by atoms with Crippen LogP contribution in [0.25, 0.3) is 0 Å². The largest absolute Gasteiger partial charge is 0.304 e. The zero-order chi connectivity index (χ0) is 26.0. The predicted octanol–water partition coefficient (Wildman–Crippen LogP) is 6.78. The van der Waals surface area contributed by atoms with E-state index in [1.54, 1.807) is 0 Å². The first kappa shape index (κ1) is 24.4. The van der Waals surface area contributed by atoms with Crippen LogP contribution >= 0.6 is 23.0 Å². The third kappa shape index (κ3) is 4.81. The highest BCUT2D eigenvalue weighted by molar-refractivity contribution is 7.83. The van der Waals surface area contributed by atoms with Crippen LogP contribution in [0.3, 0.4) is 0 Å². The molecule has 0 radical (unpaired) electrons. The Bertz CT molecular complexity index is 1580. The van der Waals surface area contributed by atoms with Gasteiger partial charge < -0.3 is 5.43 Å². The molecule has 0 bridgehead atoms. The first-order valence-electron chi connectivity index (χ1n) is 12.8. The van der Waals surface area contributed by atoms with Crippen molar-refractivity contribution >= 4 is 56.2 Å². The van der Waals surface area contributed by atoms with Crippen molar-refractivity contribution in [3.05, 3.63) is 126 Å². The summed E-state index contributed by atoms with van der Waals surface area (Å²) in [6, 6.07) is 38.8. The molecule has 3 aliphatic heterocycles. The fourth-order valence-corrected chi connectivity index (χ4v) is 11.3. The van der Waals surface area contributed by atoms with E-state index < -0.39 is 23.0 Å². The Morgan fingerprint density at radius 1 is 0.641 bits per heavy atom. The highest BCUT2D eigenvalue weighted by Crippen LogP contribution is 2.49. The summed E-state index contributed by atoms with van der Waals surface area (Å²) >= 11 is 0. The van der Waals surface area contributed by atoms with Gasteiger partial charge in [-0.1, -0.05) is 91.0 Å². The molecule has 0 aromatic heterocycles. The van der Waals surface area contributed by atoms with Crippen molar-refractivity contribution in [3.63, 3.8) is 0 Å². The van der Waals surface area contributed by atoms with Crippen LogP contribution in [0.4, 0.5) is 0 Å². The third-order valence-corrected chi connectivity index (χ3v) is 13.4. The lowest BCUT2D eigenvalue weighted by molar-refractivity contribution is 0.890. The number of nitrogens with zero attached hydrogens (tertiary/aromatic N) is 5. The Balaban J connectivity index is 1.34. The number of rotatable bonds is 6. The summed E-state index contributed by atoms with van der Waals surface area (Å²) in [6.45, 7) is 0. The molecule has 9 heteroatoms. The van der Waals surface area contributed by atoms with E-state index in [1.807, 2.05) is 0 Å². The molecule has 0 fully saturated rings. The number of nitrogens with one attached hydrogen (secondary N) is 1. The quantitative estimate of drug-likeness (QED) is 0.259. The van der Waals surface area contributed by atoms with Gasteiger partial charge in [-0.2, -0.15) is 5.10 Å². The molecule has 1 N–H and O–H groups in total. The van der Waals surface area contributed by atoms with Gasteiger partial charge in [0.1, 0.15) is 0 Å². The van der Waals surface area contributed by atoms with Gasteiger partial charge in [-0.05, 0) is 17.4 Å². The molecular weight excluding hydrogens is 537 g/mol. The van der Waals surface area contributed by atoms with Gasteiger partial charge in [0.05, 0.1) is 11.7 Å². The Morgan fingerprint density at radius 3 is 1.69 bits per heavy atom. The summed E-state index contributed by atoms with van der Waals surface area (Å²) in [6.07, 6.45) is 0.833. The molecule has 7 rings (SSSR count). The summed E-state index contributed by atoms with van der Waals surface area (Å²) in [4.78, 5) is 0. The van der Waals surface area contributed by atoms with Crippen LogP contribution in [-0.2, 0) is 0 Å². The SMILES string of the molecule is C1=[P+](c2cc(P3CNN=C3c3ccccc3)cc([P+]3=CN=NC3c3ccccc3)c2)C(c2ccccc2)N=N1. The average Bonchev–Trinajstić information content (AvgIpc) is 3.79. The minimum atomic E-state index is -0.751. The Hall–Kier alpha value is -3.68. The molecule has 0 saturated heterocycles. The van der Waals surface area contributed by atoms with E-state index in [2.05, 4.69) is 147 Å². The lowest BCUT2D eigenvalue weighted by atomic mass is 10.2. The van der Waals surface area contributed by atoms with E-state index in [0.29, 0.717) is 0 Å². The number of azo groups is 2. The zero-order valence-corrected chi connectivity index (χ0v) is 23.7. The number of hydrogen-bond donors (Lipinski definition) is 1. The van der Waals surface area contributed by atoms with E-state index in [-0.39, 0.29) is 11.6 Å². The van der Waals surface area contributed by atoms with Crippen LogP contribution in [0, 0.1) is 0 Å². The van der Waals surface area contributed by atoms with Crippen molar-refractivity contribution in [2.75, 3.05) is 6.29 Å². The normalized spacial score (nSPS) is 23.3. The second-order valence-corrected chi connectivity index (χ2v) is 15.5. The maximum Gasteiger partial charge on any atom is 0.256 e. The van der Waals surface area contributed by atoms with Gasteiger partial charge in [-0.25, -0.2) is 0 Å². The van der Waals surface area contributed by atoms with E-state index in [4.69, 9.17) is 5.10 Å². The predicted molar refractivity (Wildman–Crippen MR) is 167 cm³/mol. The van der Waals surface area contributed by atoms with Gasteiger partial charge >= 0.3 is 0 Å². The first-order valence-corrected chi connectivity index (χ1v) is 17.3. The van der Waals surface area contributed by atoms with Crippen LogP contribution in [0.1, 0.15) is 28.3 Å². The summed E-state index contributed by atoms with van der Waals surface area (Å²) < 4.78 is 0. The van der Waals surface area contributed by atoms with Crippen molar-refractivity contribution in [2.24, 2.45) is 25.6 Å².